The maximum atomic E-state index is 12.9. The van der Waals surface area contributed by atoms with E-state index in [0.29, 0.717) is 18.7 Å². The van der Waals surface area contributed by atoms with E-state index in [1.54, 1.807) is 4.90 Å². The molecule has 1 aliphatic rings. The highest BCUT2D eigenvalue weighted by molar-refractivity contribution is 7.91. The first-order chi connectivity index (χ1) is 10.4. The largest absolute Gasteiger partial charge is 0.333 e. The second-order valence-corrected chi connectivity index (χ2v) is 7.84. The number of sulfone groups is 1. The number of amides is 1. The number of hydrogen-bond acceptors (Lipinski definition) is 4. The summed E-state index contributed by atoms with van der Waals surface area (Å²) in [5, 5.41) is 0. The van der Waals surface area contributed by atoms with Crippen LogP contribution in [0.3, 0.4) is 0 Å². The maximum absolute atomic E-state index is 12.9. The summed E-state index contributed by atoms with van der Waals surface area (Å²) in [6.07, 6.45) is 2.37. The van der Waals surface area contributed by atoms with E-state index in [0.717, 1.165) is 11.3 Å². The zero-order valence-electron chi connectivity index (χ0n) is 12.7. The minimum Gasteiger partial charge on any atom is -0.333 e. The number of aryl methyl sites for hydroxylation is 1. The van der Waals surface area contributed by atoms with Gasteiger partial charge in [0.2, 0.25) is 0 Å². The Morgan fingerprint density at radius 1 is 1.45 bits per heavy atom. The van der Waals surface area contributed by atoms with Crippen LogP contribution in [-0.2, 0) is 9.84 Å². The quantitative estimate of drug-likeness (QED) is 0.854. The number of hydrogen-bond donors (Lipinski definition) is 0. The molecule has 7 heteroatoms. The predicted octanol–water partition coefficient (Wildman–Crippen LogP) is 1.29. The molecule has 6 nitrogen and oxygen atoms in total. The Morgan fingerprint density at radius 2 is 2.23 bits per heavy atom. The number of fused-ring (bicyclic) bond motifs is 1. The summed E-state index contributed by atoms with van der Waals surface area (Å²) in [6.45, 7) is 4.19. The summed E-state index contributed by atoms with van der Waals surface area (Å²) in [6, 6.07) is 5.36. The molecule has 22 heavy (non-hydrogen) atoms. The third-order valence-corrected chi connectivity index (χ3v) is 5.93. The van der Waals surface area contributed by atoms with Crippen LogP contribution in [0.4, 0.5) is 0 Å². The lowest BCUT2D eigenvalue weighted by Crippen LogP contribution is -2.41. The van der Waals surface area contributed by atoms with Crippen LogP contribution >= 0.6 is 0 Å². The van der Waals surface area contributed by atoms with Crippen molar-refractivity contribution >= 4 is 21.3 Å². The molecule has 0 aliphatic carbocycles. The van der Waals surface area contributed by atoms with Gasteiger partial charge in [0.05, 0.1) is 17.0 Å². The van der Waals surface area contributed by atoms with Crippen LogP contribution in [0.15, 0.2) is 24.4 Å². The molecule has 0 aromatic carbocycles. The Morgan fingerprint density at radius 3 is 2.86 bits per heavy atom. The van der Waals surface area contributed by atoms with Crippen molar-refractivity contribution < 1.29 is 13.2 Å². The Labute approximate surface area is 129 Å². The van der Waals surface area contributed by atoms with Gasteiger partial charge in [-0.3, -0.25) is 4.79 Å². The number of nitrogens with zero attached hydrogens (tertiary/aromatic N) is 3. The van der Waals surface area contributed by atoms with Crippen LogP contribution in [0.1, 0.15) is 29.7 Å². The Kier molecular flexibility index (Phi) is 3.68. The van der Waals surface area contributed by atoms with Crippen molar-refractivity contribution in [3.63, 3.8) is 0 Å². The van der Waals surface area contributed by atoms with E-state index in [1.165, 1.54) is 0 Å². The van der Waals surface area contributed by atoms with Crippen LogP contribution in [0.5, 0.6) is 0 Å². The number of imidazole rings is 1. The van der Waals surface area contributed by atoms with Gasteiger partial charge in [-0.2, -0.15) is 0 Å². The molecule has 1 saturated heterocycles. The summed E-state index contributed by atoms with van der Waals surface area (Å²) in [4.78, 5) is 18.9. The third kappa shape index (κ3) is 2.49. The molecule has 1 aliphatic heterocycles. The van der Waals surface area contributed by atoms with E-state index >= 15 is 0 Å². The monoisotopic (exact) mass is 321 g/mol. The average Bonchev–Trinajstić information content (AvgIpc) is 3.01. The molecule has 2 aromatic rings. The molecule has 3 rings (SSSR count). The summed E-state index contributed by atoms with van der Waals surface area (Å²) >= 11 is 0. The molecule has 1 atom stereocenters. The lowest BCUT2D eigenvalue weighted by Gasteiger charge is -2.26. The summed E-state index contributed by atoms with van der Waals surface area (Å²) in [7, 11) is -3.02. The molecule has 2 aromatic heterocycles. The first-order valence-electron chi connectivity index (χ1n) is 7.38. The number of aromatic nitrogens is 2. The van der Waals surface area contributed by atoms with Gasteiger partial charge in [0.15, 0.2) is 15.5 Å². The van der Waals surface area contributed by atoms with E-state index in [-0.39, 0.29) is 23.5 Å². The number of carbonyl (C=O) groups is 1. The Balaban J connectivity index is 1.97. The zero-order chi connectivity index (χ0) is 15.9. The lowest BCUT2D eigenvalue weighted by atomic mass is 10.2. The molecule has 1 fully saturated rings. The van der Waals surface area contributed by atoms with Crippen molar-refractivity contribution in [3.05, 3.63) is 35.9 Å². The fourth-order valence-corrected chi connectivity index (χ4v) is 4.80. The molecular formula is C15H19N3O3S. The second kappa shape index (κ2) is 5.39. The van der Waals surface area contributed by atoms with Gasteiger partial charge >= 0.3 is 0 Å². The van der Waals surface area contributed by atoms with Crippen LogP contribution < -0.4 is 0 Å². The smallest absolute Gasteiger partial charge is 0.274 e. The lowest BCUT2D eigenvalue weighted by molar-refractivity contribution is 0.0705. The minimum absolute atomic E-state index is 0.0529. The highest BCUT2D eigenvalue weighted by atomic mass is 32.2. The van der Waals surface area contributed by atoms with Gasteiger partial charge in [-0.15, -0.1) is 0 Å². The number of carbonyl (C=O) groups excluding carboxylic acids is 1. The number of rotatable bonds is 3. The topological polar surface area (TPSA) is 71.8 Å². The SMILES string of the molecule is CCN(C(=O)c1nc(C)n2ccccc12)C1CCS(=O)(=O)C1. The molecule has 1 unspecified atom stereocenters. The van der Waals surface area contributed by atoms with Crippen molar-refractivity contribution in [2.45, 2.75) is 26.3 Å². The highest BCUT2D eigenvalue weighted by Crippen LogP contribution is 2.21. The molecular weight excluding hydrogens is 302 g/mol. The molecule has 0 spiro atoms. The predicted molar refractivity (Wildman–Crippen MR) is 83.7 cm³/mol. The molecule has 118 valence electrons. The molecule has 3 heterocycles. The molecule has 1 amide bonds. The standard InChI is InChI=1S/C15H19N3O3S/c1-3-17(12-7-9-22(20,21)10-12)15(19)14-13-6-4-5-8-18(13)11(2)16-14/h4-6,8,12H,3,7,9-10H2,1-2H3. The van der Waals surface area contributed by atoms with E-state index in [4.69, 9.17) is 0 Å². The summed E-state index contributed by atoms with van der Waals surface area (Å²) in [5.41, 5.74) is 1.15. The molecule has 0 bridgehead atoms. The van der Waals surface area contributed by atoms with Crippen molar-refractivity contribution in [2.75, 3.05) is 18.1 Å². The average molecular weight is 321 g/mol. The van der Waals surface area contributed by atoms with Crippen molar-refractivity contribution in [2.24, 2.45) is 0 Å². The van der Waals surface area contributed by atoms with Gasteiger partial charge in [0.25, 0.3) is 5.91 Å². The molecule has 0 N–H and O–H groups in total. The van der Waals surface area contributed by atoms with Crippen LogP contribution in [0.25, 0.3) is 5.52 Å². The van der Waals surface area contributed by atoms with Gasteiger partial charge in [0.1, 0.15) is 5.82 Å². The minimum atomic E-state index is -3.02. The van der Waals surface area contributed by atoms with Crippen LogP contribution in [0, 0.1) is 6.92 Å². The fourth-order valence-electron chi connectivity index (χ4n) is 3.07. The second-order valence-electron chi connectivity index (χ2n) is 5.61. The Hall–Kier alpha value is -1.89. The summed E-state index contributed by atoms with van der Waals surface area (Å²) < 4.78 is 25.2. The third-order valence-electron chi connectivity index (χ3n) is 4.18. The van der Waals surface area contributed by atoms with E-state index < -0.39 is 9.84 Å². The maximum Gasteiger partial charge on any atom is 0.274 e. The Bertz CT molecular complexity index is 826. The van der Waals surface area contributed by atoms with Gasteiger partial charge in [-0.1, -0.05) is 6.07 Å². The normalized spacial score (nSPS) is 20.4. The van der Waals surface area contributed by atoms with Crippen LogP contribution in [-0.4, -0.2) is 52.7 Å². The fraction of sp³-hybridized carbons (Fsp3) is 0.467. The van der Waals surface area contributed by atoms with Crippen molar-refractivity contribution in [3.8, 4) is 0 Å². The zero-order valence-corrected chi connectivity index (χ0v) is 13.5. The van der Waals surface area contributed by atoms with Crippen molar-refractivity contribution in [1.29, 1.82) is 0 Å². The van der Waals surface area contributed by atoms with E-state index in [9.17, 15) is 13.2 Å². The molecule has 0 saturated carbocycles. The van der Waals surface area contributed by atoms with E-state index in [1.807, 2.05) is 42.6 Å². The first kappa shape index (κ1) is 15.0. The summed E-state index contributed by atoms with van der Waals surface area (Å²) in [5.74, 6) is 0.761. The van der Waals surface area contributed by atoms with Crippen LogP contribution in [0.2, 0.25) is 0 Å². The first-order valence-corrected chi connectivity index (χ1v) is 9.20. The highest BCUT2D eigenvalue weighted by Gasteiger charge is 2.35. The number of pyridine rings is 1. The van der Waals surface area contributed by atoms with Gasteiger partial charge in [-0.05, 0) is 32.4 Å². The van der Waals surface area contributed by atoms with E-state index in [2.05, 4.69) is 4.98 Å². The van der Waals surface area contributed by atoms with Crippen molar-refractivity contribution in [1.82, 2.24) is 14.3 Å². The van der Waals surface area contributed by atoms with Gasteiger partial charge in [-0.25, -0.2) is 13.4 Å². The van der Waals surface area contributed by atoms with Gasteiger partial charge in [0, 0.05) is 18.8 Å². The molecule has 0 radical (unpaired) electrons. The van der Waals surface area contributed by atoms with Gasteiger partial charge < -0.3 is 9.30 Å².